The SMILES string of the molecule is CC[C@H](C(=O)Nc1cc(C(F)(F)F)ccc1OCC(F)(F)F)c1ccccc1. The Morgan fingerprint density at radius 2 is 1.68 bits per heavy atom. The number of rotatable bonds is 6. The molecule has 0 aliphatic rings. The van der Waals surface area contributed by atoms with E-state index >= 15 is 0 Å². The number of carbonyl (C=O) groups is 1. The monoisotopic (exact) mass is 405 g/mol. The number of amides is 1. The number of anilines is 1. The van der Waals surface area contributed by atoms with E-state index in [1.54, 1.807) is 37.3 Å². The third-order valence-electron chi connectivity index (χ3n) is 3.88. The summed E-state index contributed by atoms with van der Waals surface area (Å²) >= 11 is 0. The number of ether oxygens (including phenoxy) is 1. The van der Waals surface area contributed by atoms with E-state index in [1.165, 1.54) is 0 Å². The summed E-state index contributed by atoms with van der Waals surface area (Å²) in [5, 5.41) is 2.28. The molecule has 2 aromatic rings. The van der Waals surface area contributed by atoms with Gasteiger partial charge in [0, 0.05) is 0 Å². The van der Waals surface area contributed by atoms with E-state index in [-0.39, 0.29) is 0 Å². The van der Waals surface area contributed by atoms with Crippen LogP contribution >= 0.6 is 0 Å². The van der Waals surface area contributed by atoms with Crippen LogP contribution in [-0.2, 0) is 11.0 Å². The van der Waals surface area contributed by atoms with Gasteiger partial charge in [-0.1, -0.05) is 37.3 Å². The van der Waals surface area contributed by atoms with Gasteiger partial charge in [-0.2, -0.15) is 26.3 Å². The van der Waals surface area contributed by atoms with E-state index in [4.69, 9.17) is 0 Å². The molecule has 2 rings (SSSR count). The molecule has 0 bridgehead atoms. The van der Waals surface area contributed by atoms with Crippen molar-refractivity contribution < 1.29 is 35.9 Å². The minimum absolute atomic E-state index is 0.341. The maximum atomic E-state index is 13.0. The normalized spacial score (nSPS) is 13.1. The fourth-order valence-electron chi connectivity index (χ4n) is 2.57. The van der Waals surface area contributed by atoms with Crippen LogP contribution in [0.1, 0.15) is 30.4 Å². The number of benzene rings is 2. The molecule has 0 saturated heterocycles. The van der Waals surface area contributed by atoms with Gasteiger partial charge in [0.05, 0.1) is 17.2 Å². The highest BCUT2D eigenvalue weighted by atomic mass is 19.4. The molecule has 1 atom stereocenters. The second kappa shape index (κ2) is 8.53. The fraction of sp³-hybridized carbons (Fsp3) is 0.316. The predicted molar refractivity (Wildman–Crippen MR) is 91.1 cm³/mol. The van der Waals surface area contributed by atoms with Gasteiger partial charge in [0.1, 0.15) is 5.75 Å². The molecule has 0 fully saturated rings. The molecule has 3 nitrogen and oxygen atoms in total. The van der Waals surface area contributed by atoms with Gasteiger partial charge in [0.25, 0.3) is 0 Å². The van der Waals surface area contributed by atoms with E-state index in [0.717, 1.165) is 6.07 Å². The predicted octanol–water partition coefficient (Wildman–Crippen LogP) is 5.78. The van der Waals surface area contributed by atoms with Crippen LogP contribution in [0.2, 0.25) is 0 Å². The van der Waals surface area contributed by atoms with Gasteiger partial charge in [0.15, 0.2) is 6.61 Å². The summed E-state index contributed by atoms with van der Waals surface area (Å²) < 4.78 is 80.7. The molecule has 0 unspecified atom stereocenters. The minimum Gasteiger partial charge on any atom is -0.482 e. The molecule has 0 heterocycles. The Bertz CT molecular complexity index is 802. The lowest BCUT2D eigenvalue weighted by atomic mass is 9.95. The van der Waals surface area contributed by atoms with Gasteiger partial charge in [-0.15, -0.1) is 0 Å². The van der Waals surface area contributed by atoms with Crippen LogP contribution in [0.15, 0.2) is 48.5 Å². The Kier molecular flexibility index (Phi) is 6.58. The average Bonchev–Trinajstić information content (AvgIpc) is 2.60. The van der Waals surface area contributed by atoms with Crippen molar-refractivity contribution in [3.05, 3.63) is 59.7 Å². The number of halogens is 6. The lowest BCUT2D eigenvalue weighted by molar-refractivity contribution is -0.153. The molecule has 0 aromatic heterocycles. The molecule has 0 saturated carbocycles. The average molecular weight is 405 g/mol. The Morgan fingerprint density at radius 1 is 1.04 bits per heavy atom. The molecule has 0 aliphatic heterocycles. The zero-order valence-electron chi connectivity index (χ0n) is 14.7. The Hall–Kier alpha value is -2.71. The van der Waals surface area contributed by atoms with Crippen LogP contribution in [0.4, 0.5) is 32.0 Å². The minimum atomic E-state index is -4.73. The molecule has 28 heavy (non-hydrogen) atoms. The summed E-state index contributed by atoms with van der Waals surface area (Å²) in [6.45, 7) is 0.0155. The summed E-state index contributed by atoms with van der Waals surface area (Å²) in [5.74, 6) is -1.84. The lowest BCUT2D eigenvalue weighted by Crippen LogP contribution is -2.23. The van der Waals surface area contributed by atoms with Gasteiger partial charge in [-0.3, -0.25) is 4.79 Å². The molecule has 9 heteroatoms. The lowest BCUT2D eigenvalue weighted by Gasteiger charge is -2.19. The van der Waals surface area contributed by atoms with Crippen LogP contribution in [0.3, 0.4) is 0 Å². The van der Waals surface area contributed by atoms with Crippen molar-refractivity contribution in [2.45, 2.75) is 31.6 Å². The van der Waals surface area contributed by atoms with Crippen molar-refractivity contribution in [1.29, 1.82) is 0 Å². The number of carbonyl (C=O) groups excluding carboxylic acids is 1. The molecule has 0 spiro atoms. The number of hydrogen-bond donors (Lipinski definition) is 1. The molecule has 152 valence electrons. The zero-order chi connectivity index (χ0) is 20.9. The highest BCUT2D eigenvalue weighted by Crippen LogP contribution is 2.36. The summed E-state index contributed by atoms with van der Waals surface area (Å²) in [7, 11) is 0. The molecule has 2 aromatic carbocycles. The van der Waals surface area contributed by atoms with Crippen LogP contribution in [-0.4, -0.2) is 18.7 Å². The van der Waals surface area contributed by atoms with Crippen LogP contribution in [0.25, 0.3) is 0 Å². The van der Waals surface area contributed by atoms with E-state index in [1.807, 2.05) is 0 Å². The van der Waals surface area contributed by atoms with Crippen molar-refractivity contribution >= 4 is 11.6 Å². The van der Waals surface area contributed by atoms with Crippen LogP contribution in [0, 0.1) is 0 Å². The first kappa shape index (κ1) is 21.6. The van der Waals surface area contributed by atoms with Crippen molar-refractivity contribution in [1.82, 2.24) is 0 Å². The maximum Gasteiger partial charge on any atom is 0.422 e. The van der Waals surface area contributed by atoms with Gasteiger partial charge in [0.2, 0.25) is 5.91 Å². The van der Waals surface area contributed by atoms with Gasteiger partial charge >= 0.3 is 12.4 Å². The third kappa shape index (κ3) is 5.90. The largest absolute Gasteiger partial charge is 0.482 e. The summed E-state index contributed by atoms with van der Waals surface area (Å²) in [5.41, 5.74) is -0.958. The van der Waals surface area contributed by atoms with E-state index < -0.39 is 47.8 Å². The summed E-state index contributed by atoms with van der Waals surface area (Å²) in [6.07, 6.45) is -9.07. The van der Waals surface area contributed by atoms with E-state index in [9.17, 15) is 31.1 Å². The molecule has 0 radical (unpaired) electrons. The smallest absolute Gasteiger partial charge is 0.422 e. The van der Waals surface area contributed by atoms with Crippen LogP contribution < -0.4 is 10.1 Å². The topological polar surface area (TPSA) is 38.3 Å². The first-order chi connectivity index (χ1) is 13.0. The summed E-state index contributed by atoms with van der Waals surface area (Å²) in [4.78, 5) is 12.6. The number of nitrogens with one attached hydrogen (secondary N) is 1. The second-order valence-electron chi connectivity index (χ2n) is 5.97. The molecular formula is C19H17F6NO2. The maximum absolute atomic E-state index is 13.0. The zero-order valence-corrected chi connectivity index (χ0v) is 14.7. The number of alkyl halides is 6. The van der Waals surface area contributed by atoms with Gasteiger partial charge in [-0.25, -0.2) is 0 Å². The molecular weight excluding hydrogens is 388 g/mol. The molecule has 0 aliphatic carbocycles. The second-order valence-corrected chi connectivity index (χ2v) is 5.97. The van der Waals surface area contributed by atoms with E-state index in [2.05, 4.69) is 10.1 Å². The molecule has 1 N–H and O–H groups in total. The van der Waals surface area contributed by atoms with Gasteiger partial charge < -0.3 is 10.1 Å². The highest BCUT2D eigenvalue weighted by Gasteiger charge is 2.33. The number of hydrogen-bond acceptors (Lipinski definition) is 2. The van der Waals surface area contributed by atoms with Crippen molar-refractivity contribution in [3.8, 4) is 5.75 Å². The van der Waals surface area contributed by atoms with Crippen molar-refractivity contribution in [2.24, 2.45) is 0 Å². The first-order valence-corrected chi connectivity index (χ1v) is 8.28. The van der Waals surface area contributed by atoms with E-state index in [0.29, 0.717) is 24.1 Å². The summed E-state index contributed by atoms with van der Waals surface area (Å²) in [6, 6.07) is 10.4. The highest BCUT2D eigenvalue weighted by molar-refractivity contribution is 5.97. The fourth-order valence-corrected chi connectivity index (χ4v) is 2.57. The Labute approximate surface area is 157 Å². The quantitative estimate of drug-likeness (QED) is 0.619. The van der Waals surface area contributed by atoms with Crippen molar-refractivity contribution in [2.75, 3.05) is 11.9 Å². The molecule has 1 amide bonds. The van der Waals surface area contributed by atoms with Gasteiger partial charge in [-0.05, 0) is 30.2 Å². The van der Waals surface area contributed by atoms with Crippen molar-refractivity contribution in [3.63, 3.8) is 0 Å². The third-order valence-corrected chi connectivity index (χ3v) is 3.88. The first-order valence-electron chi connectivity index (χ1n) is 8.28. The standard InChI is InChI=1S/C19H17F6NO2/c1-2-14(12-6-4-3-5-7-12)17(27)26-15-10-13(19(23,24)25)8-9-16(15)28-11-18(20,21)22/h3-10,14H,2,11H2,1H3,(H,26,27)/t14-/m0/s1. The van der Waals surface area contributed by atoms with Crippen LogP contribution in [0.5, 0.6) is 5.75 Å². The Morgan fingerprint density at radius 3 is 2.21 bits per heavy atom. The Balaban J connectivity index is 2.33.